The summed E-state index contributed by atoms with van der Waals surface area (Å²) in [6, 6.07) is 10.5. The number of piperidine rings is 1. The second-order valence-corrected chi connectivity index (χ2v) is 6.84. The number of aliphatic hydroxyl groups is 1. The predicted molar refractivity (Wildman–Crippen MR) is 96.6 cm³/mol. The van der Waals surface area contributed by atoms with Crippen molar-refractivity contribution in [3.8, 4) is 0 Å². The van der Waals surface area contributed by atoms with Crippen LogP contribution < -0.4 is 5.56 Å². The number of hydrogen-bond donors (Lipinski definition) is 1. The maximum Gasteiger partial charge on any atom is 0.256 e. The number of aryl methyl sites for hydroxylation is 1. The summed E-state index contributed by atoms with van der Waals surface area (Å²) in [5.41, 5.74) is 1.43. The standard InChI is InChI=1S/C19H21ClN2O3/c1-21-9-6-14(12-17(21)23)13-7-10-22(11-8-13)19(25)18(24)15-4-2-3-5-16(15)20/h2-6,9,12-13,18,24H,7-8,10-11H2,1H3. The first-order valence-electron chi connectivity index (χ1n) is 8.35. The lowest BCUT2D eigenvalue weighted by Gasteiger charge is -2.33. The Labute approximate surface area is 151 Å². The first-order chi connectivity index (χ1) is 12.0. The average molecular weight is 361 g/mol. The Morgan fingerprint density at radius 1 is 1.24 bits per heavy atom. The van der Waals surface area contributed by atoms with Crippen LogP contribution in [0.4, 0.5) is 0 Å². The smallest absolute Gasteiger partial charge is 0.256 e. The van der Waals surface area contributed by atoms with Crippen LogP contribution in [0.15, 0.2) is 47.4 Å². The molecule has 1 aliphatic rings. The monoisotopic (exact) mass is 360 g/mol. The summed E-state index contributed by atoms with van der Waals surface area (Å²) >= 11 is 6.07. The maximum absolute atomic E-state index is 12.6. The predicted octanol–water partition coefficient (Wildman–Crippen LogP) is 2.48. The van der Waals surface area contributed by atoms with E-state index < -0.39 is 6.10 Å². The number of amides is 1. The third-order valence-electron chi connectivity index (χ3n) is 4.84. The average Bonchev–Trinajstić information content (AvgIpc) is 2.63. The fourth-order valence-corrected chi connectivity index (χ4v) is 3.49. The van der Waals surface area contributed by atoms with E-state index in [2.05, 4.69) is 0 Å². The fourth-order valence-electron chi connectivity index (χ4n) is 3.25. The molecule has 0 bridgehead atoms. The van der Waals surface area contributed by atoms with Crippen molar-refractivity contribution in [2.45, 2.75) is 24.9 Å². The van der Waals surface area contributed by atoms with Gasteiger partial charge in [0.1, 0.15) is 0 Å². The van der Waals surface area contributed by atoms with Crippen LogP contribution in [0.1, 0.15) is 36.0 Å². The number of aliphatic hydroxyl groups excluding tert-OH is 1. The SMILES string of the molecule is Cn1ccc(C2CCN(C(=O)C(O)c3ccccc3Cl)CC2)cc1=O. The lowest BCUT2D eigenvalue weighted by atomic mass is 9.89. The van der Waals surface area contributed by atoms with Gasteiger partial charge in [0, 0.05) is 43.0 Å². The molecule has 6 heteroatoms. The zero-order valence-electron chi connectivity index (χ0n) is 14.1. The van der Waals surface area contributed by atoms with E-state index in [-0.39, 0.29) is 17.4 Å². The molecule has 5 nitrogen and oxygen atoms in total. The first-order valence-corrected chi connectivity index (χ1v) is 8.73. The van der Waals surface area contributed by atoms with Gasteiger partial charge in [-0.15, -0.1) is 0 Å². The fraction of sp³-hybridized carbons (Fsp3) is 0.368. The minimum absolute atomic E-state index is 0.0230. The third kappa shape index (κ3) is 3.78. The Balaban J connectivity index is 1.65. The number of carbonyl (C=O) groups excluding carboxylic acids is 1. The van der Waals surface area contributed by atoms with Crippen LogP contribution >= 0.6 is 11.6 Å². The summed E-state index contributed by atoms with van der Waals surface area (Å²) in [5, 5.41) is 10.7. The molecular weight excluding hydrogens is 340 g/mol. The summed E-state index contributed by atoms with van der Waals surface area (Å²) < 4.78 is 1.54. The maximum atomic E-state index is 12.6. The van der Waals surface area contributed by atoms with Gasteiger partial charge in [0.2, 0.25) is 0 Å². The molecule has 1 fully saturated rings. The Morgan fingerprint density at radius 2 is 1.92 bits per heavy atom. The van der Waals surface area contributed by atoms with Crippen molar-refractivity contribution in [2.75, 3.05) is 13.1 Å². The molecule has 1 unspecified atom stereocenters. The number of hydrogen-bond acceptors (Lipinski definition) is 3. The van der Waals surface area contributed by atoms with Gasteiger partial charge in [0.25, 0.3) is 11.5 Å². The Kier molecular flexibility index (Phi) is 5.25. The molecule has 0 aliphatic carbocycles. The topological polar surface area (TPSA) is 62.5 Å². The molecule has 0 saturated carbocycles. The van der Waals surface area contributed by atoms with E-state index >= 15 is 0 Å². The molecule has 1 aromatic heterocycles. The van der Waals surface area contributed by atoms with E-state index in [1.54, 1.807) is 53.0 Å². The van der Waals surface area contributed by atoms with Crippen LogP contribution in [0.3, 0.4) is 0 Å². The van der Waals surface area contributed by atoms with Crippen LogP contribution in [0.5, 0.6) is 0 Å². The van der Waals surface area contributed by atoms with Crippen molar-refractivity contribution < 1.29 is 9.90 Å². The van der Waals surface area contributed by atoms with Crippen molar-refractivity contribution in [3.05, 3.63) is 69.1 Å². The molecule has 0 spiro atoms. The van der Waals surface area contributed by atoms with Crippen LogP contribution in [0.25, 0.3) is 0 Å². The van der Waals surface area contributed by atoms with Crippen LogP contribution in [0, 0.1) is 0 Å². The van der Waals surface area contributed by atoms with Gasteiger partial charge in [-0.3, -0.25) is 9.59 Å². The van der Waals surface area contributed by atoms with E-state index in [1.807, 2.05) is 6.07 Å². The highest BCUT2D eigenvalue weighted by Gasteiger charge is 2.29. The summed E-state index contributed by atoms with van der Waals surface area (Å²) in [5.74, 6) is -0.0640. The zero-order valence-corrected chi connectivity index (χ0v) is 14.8. The molecule has 1 aliphatic heterocycles. The Hall–Kier alpha value is -2.11. The summed E-state index contributed by atoms with van der Waals surface area (Å²) in [6.07, 6.45) is 2.08. The van der Waals surface area contributed by atoms with Gasteiger partial charge in [-0.2, -0.15) is 0 Å². The van der Waals surface area contributed by atoms with Crippen molar-refractivity contribution in [1.82, 2.24) is 9.47 Å². The molecule has 132 valence electrons. The minimum atomic E-state index is -1.24. The molecule has 2 aromatic rings. The number of nitrogens with zero attached hydrogens (tertiary/aromatic N) is 2. The second kappa shape index (κ2) is 7.42. The van der Waals surface area contributed by atoms with E-state index in [9.17, 15) is 14.7 Å². The van der Waals surface area contributed by atoms with E-state index in [0.717, 1.165) is 18.4 Å². The largest absolute Gasteiger partial charge is 0.378 e. The Bertz CT molecular complexity index is 825. The molecule has 1 aromatic carbocycles. The van der Waals surface area contributed by atoms with Crippen molar-refractivity contribution >= 4 is 17.5 Å². The third-order valence-corrected chi connectivity index (χ3v) is 5.18. The molecule has 0 radical (unpaired) electrons. The van der Waals surface area contributed by atoms with Gasteiger partial charge in [-0.05, 0) is 36.5 Å². The number of halogens is 1. The van der Waals surface area contributed by atoms with Gasteiger partial charge < -0.3 is 14.6 Å². The molecule has 3 rings (SSSR count). The van der Waals surface area contributed by atoms with Crippen molar-refractivity contribution in [1.29, 1.82) is 0 Å². The molecule has 1 amide bonds. The van der Waals surface area contributed by atoms with Crippen LogP contribution in [0.2, 0.25) is 5.02 Å². The summed E-state index contributed by atoms with van der Waals surface area (Å²) in [4.78, 5) is 26.0. The highest BCUT2D eigenvalue weighted by atomic mass is 35.5. The van der Waals surface area contributed by atoms with Gasteiger partial charge in [-0.25, -0.2) is 0 Å². The Morgan fingerprint density at radius 3 is 2.56 bits per heavy atom. The van der Waals surface area contributed by atoms with Gasteiger partial charge in [-0.1, -0.05) is 29.8 Å². The van der Waals surface area contributed by atoms with Crippen LogP contribution in [-0.2, 0) is 11.8 Å². The molecule has 1 atom stereocenters. The molecule has 2 heterocycles. The van der Waals surface area contributed by atoms with Crippen LogP contribution in [-0.4, -0.2) is 33.6 Å². The second-order valence-electron chi connectivity index (χ2n) is 6.43. The summed E-state index contributed by atoms with van der Waals surface area (Å²) in [6.45, 7) is 1.11. The van der Waals surface area contributed by atoms with Crippen molar-refractivity contribution in [2.24, 2.45) is 7.05 Å². The zero-order chi connectivity index (χ0) is 18.0. The van der Waals surface area contributed by atoms with Gasteiger partial charge >= 0.3 is 0 Å². The van der Waals surface area contributed by atoms with E-state index in [1.165, 1.54) is 0 Å². The number of benzene rings is 1. The highest BCUT2D eigenvalue weighted by molar-refractivity contribution is 6.31. The highest BCUT2D eigenvalue weighted by Crippen LogP contribution is 2.30. The number of likely N-dealkylation sites (tertiary alicyclic amines) is 1. The van der Waals surface area contributed by atoms with E-state index in [4.69, 9.17) is 11.6 Å². The number of carbonyl (C=O) groups is 1. The lowest BCUT2D eigenvalue weighted by molar-refractivity contribution is -0.141. The lowest BCUT2D eigenvalue weighted by Crippen LogP contribution is -2.40. The number of pyridine rings is 1. The van der Waals surface area contributed by atoms with Gasteiger partial charge in [0.05, 0.1) is 0 Å². The normalized spacial score (nSPS) is 16.7. The molecule has 25 heavy (non-hydrogen) atoms. The number of rotatable bonds is 3. The molecule has 1 saturated heterocycles. The first kappa shape index (κ1) is 17.7. The summed E-state index contributed by atoms with van der Waals surface area (Å²) in [7, 11) is 1.73. The quantitative estimate of drug-likeness (QED) is 0.914. The number of aromatic nitrogens is 1. The van der Waals surface area contributed by atoms with Crippen molar-refractivity contribution in [3.63, 3.8) is 0 Å². The molecule has 1 N–H and O–H groups in total. The molecular formula is C19H21ClN2O3. The van der Waals surface area contributed by atoms with Gasteiger partial charge in [0.15, 0.2) is 6.10 Å². The van der Waals surface area contributed by atoms with E-state index in [0.29, 0.717) is 23.7 Å². The minimum Gasteiger partial charge on any atom is -0.378 e.